The highest BCUT2D eigenvalue weighted by Gasteiger charge is 2.42. The Morgan fingerprint density at radius 1 is 0.242 bits per heavy atom. The van der Waals surface area contributed by atoms with Crippen molar-refractivity contribution in [2.45, 2.75) is 46.0 Å². The summed E-state index contributed by atoms with van der Waals surface area (Å²) in [6, 6.07) is 114. The summed E-state index contributed by atoms with van der Waals surface area (Å²) in [6.07, 6.45) is 0. The van der Waals surface area contributed by atoms with Crippen LogP contribution in [0.25, 0.3) is 163 Å². The van der Waals surface area contributed by atoms with Crippen molar-refractivity contribution in [1.82, 2.24) is 0 Å². The topological polar surface area (TPSA) is 40.5 Å². The fourth-order valence-corrected chi connectivity index (χ4v) is 18.1. The van der Waals surface area contributed by atoms with Crippen molar-refractivity contribution in [2.75, 3.05) is 0 Å². The molecule has 20 rings (SSSR count). The molecule has 0 unspecified atom stereocenters. The second kappa shape index (κ2) is 23.9. The van der Waals surface area contributed by atoms with Crippen LogP contribution in [0, 0.1) is 0 Å². The molecule has 18 aromatic rings. The summed E-state index contributed by atoms with van der Waals surface area (Å²) < 4.78 is 1.18. The van der Waals surface area contributed by atoms with Crippen LogP contribution < -0.4 is 5.46 Å². The molecule has 0 saturated heterocycles. The molecule has 0 heterocycles. The van der Waals surface area contributed by atoms with Crippen molar-refractivity contribution < 1.29 is 10.0 Å². The Bertz CT molecular complexity index is 6230. The highest BCUT2D eigenvalue weighted by Crippen LogP contribution is 2.60. The third-order valence-electron chi connectivity index (χ3n) is 21.6. The van der Waals surface area contributed by atoms with Gasteiger partial charge in [0.05, 0.1) is 0 Å². The second-order valence-corrected chi connectivity index (χ2v) is 28.3. The van der Waals surface area contributed by atoms with Gasteiger partial charge in [0, 0.05) is 15.3 Å². The molecule has 18 aromatic carbocycles. The van der Waals surface area contributed by atoms with E-state index in [-0.39, 0.29) is 18.3 Å². The molecule has 4 heteroatoms. The smallest absolute Gasteiger partial charge is 0.423 e. The molecule has 472 valence electrons. The number of benzene rings is 18. The molecule has 2 aliphatic rings. The Labute approximate surface area is 586 Å². The molecule has 2 nitrogen and oxygen atoms in total. The van der Waals surface area contributed by atoms with E-state index in [0.29, 0.717) is 5.46 Å². The predicted octanol–water partition coefficient (Wildman–Crippen LogP) is 25.3. The van der Waals surface area contributed by atoms with Crippen LogP contribution in [0.1, 0.15) is 57.4 Å². The van der Waals surface area contributed by atoms with E-state index in [1.165, 1.54) is 157 Å². The van der Waals surface area contributed by atoms with Gasteiger partial charge < -0.3 is 10.0 Å². The van der Waals surface area contributed by atoms with Crippen LogP contribution in [0.2, 0.25) is 0 Å². The Morgan fingerprint density at radius 2 is 0.485 bits per heavy atom. The molecule has 0 aliphatic heterocycles. The van der Waals surface area contributed by atoms with Gasteiger partial charge in [-0.2, -0.15) is 0 Å². The van der Waals surface area contributed by atoms with Crippen molar-refractivity contribution >= 4 is 136 Å². The second-order valence-electron chi connectivity index (χ2n) is 27.5. The lowest BCUT2D eigenvalue weighted by molar-refractivity contribution is 0.426. The van der Waals surface area contributed by atoms with E-state index < -0.39 is 7.12 Å². The first-order valence-corrected chi connectivity index (χ1v) is 34.8. The molecule has 0 bridgehead atoms. The summed E-state index contributed by atoms with van der Waals surface area (Å²) in [5.74, 6) is 0. The molecular formula is C95H70BBrO2. The average molecular weight is 1330 g/mol. The first-order valence-electron chi connectivity index (χ1n) is 34.0. The monoisotopic (exact) mass is 1330 g/mol. The first kappa shape index (κ1) is 61.6. The zero-order valence-electron chi connectivity index (χ0n) is 54.9. The van der Waals surface area contributed by atoms with E-state index in [0.717, 1.165) is 32.7 Å². The lowest BCUT2D eigenvalue weighted by Crippen LogP contribution is -2.31. The zero-order valence-corrected chi connectivity index (χ0v) is 56.5. The molecule has 99 heavy (non-hydrogen) atoms. The van der Waals surface area contributed by atoms with Crippen LogP contribution in [0.15, 0.2) is 320 Å². The minimum Gasteiger partial charge on any atom is -0.423 e. The standard InChI is InChI=1S/C47H32.C27H19Br.C20H15BO2.CH4/c1-47(2)41-28-40(43-37-25-13-11-23-35(37)42(29-16-4-3-5-17-29)36-24-12-14-26-38(36)43)32-20-7-9-21-33(32)44(41)45-34-22-10-6-18-30(34)31-19-8-15-27-39(31)46(45)47;1-27(2)22-15-23(28)18-11-5-7-13-20(18)24(22)25-19-12-6-3-9-16(19)17-10-4-8-14-21(17)26(25)27;22-21(23)20-17-12-6-4-10-15(17)19(14-8-2-1-3-9-14)16-11-5-7-13-18(16)20;/h3-28H,1-2H3;3-15H,1-2H3;1-13,22-23H;1H4. The molecular weight excluding hydrogens is 1260 g/mol. The molecule has 0 atom stereocenters. The highest BCUT2D eigenvalue weighted by atomic mass is 79.9. The fourth-order valence-electron chi connectivity index (χ4n) is 17.5. The van der Waals surface area contributed by atoms with Gasteiger partial charge in [-0.1, -0.05) is 354 Å². The lowest BCUT2D eigenvalue weighted by Gasteiger charge is -2.25. The van der Waals surface area contributed by atoms with Crippen LogP contribution in [0.4, 0.5) is 0 Å². The zero-order chi connectivity index (χ0) is 66.1. The lowest BCUT2D eigenvalue weighted by atomic mass is 9.72. The van der Waals surface area contributed by atoms with Gasteiger partial charge in [0.15, 0.2) is 0 Å². The molecule has 2 N–H and O–H groups in total. The van der Waals surface area contributed by atoms with Crippen LogP contribution >= 0.6 is 15.9 Å². The molecule has 2 aliphatic carbocycles. The number of fused-ring (bicyclic) bond motifs is 24. The van der Waals surface area contributed by atoms with Gasteiger partial charge in [-0.05, 0) is 203 Å². The molecule has 0 spiro atoms. The minimum absolute atomic E-state index is 0. The molecule has 0 saturated carbocycles. The maximum atomic E-state index is 9.94. The normalized spacial score (nSPS) is 13.1. The Hall–Kier alpha value is -11.0. The summed E-state index contributed by atoms with van der Waals surface area (Å²) in [5.41, 5.74) is 19.1. The van der Waals surface area contributed by atoms with Crippen LogP contribution in [-0.4, -0.2) is 17.2 Å². The van der Waals surface area contributed by atoms with E-state index in [1.54, 1.807) is 0 Å². The highest BCUT2D eigenvalue weighted by molar-refractivity contribution is 9.10. The maximum absolute atomic E-state index is 9.94. The largest absolute Gasteiger partial charge is 0.489 e. The minimum atomic E-state index is -1.50. The Balaban J connectivity index is 0.000000120. The van der Waals surface area contributed by atoms with Crippen molar-refractivity contribution in [3.8, 4) is 55.6 Å². The summed E-state index contributed by atoms with van der Waals surface area (Å²) in [4.78, 5) is 0. The Kier molecular flexibility index (Phi) is 14.9. The van der Waals surface area contributed by atoms with Crippen molar-refractivity contribution in [3.05, 3.63) is 342 Å². The molecule has 0 amide bonds. The summed E-state index contributed by atoms with van der Waals surface area (Å²) in [6.45, 7) is 9.62. The van der Waals surface area contributed by atoms with E-state index in [4.69, 9.17) is 0 Å². The van der Waals surface area contributed by atoms with E-state index in [2.05, 4.69) is 292 Å². The van der Waals surface area contributed by atoms with Crippen molar-refractivity contribution in [1.29, 1.82) is 0 Å². The third kappa shape index (κ3) is 9.38. The van der Waals surface area contributed by atoms with Crippen LogP contribution in [0.5, 0.6) is 0 Å². The summed E-state index contributed by atoms with van der Waals surface area (Å²) in [7, 11) is -1.50. The van der Waals surface area contributed by atoms with Gasteiger partial charge in [0.1, 0.15) is 0 Å². The first-order chi connectivity index (χ1) is 48.0. The number of hydrogen-bond acceptors (Lipinski definition) is 2. The van der Waals surface area contributed by atoms with Gasteiger partial charge >= 0.3 is 7.12 Å². The van der Waals surface area contributed by atoms with Gasteiger partial charge in [0.2, 0.25) is 0 Å². The number of rotatable bonds is 4. The quantitative estimate of drug-likeness (QED) is 0.105. The summed E-state index contributed by atoms with van der Waals surface area (Å²) >= 11 is 3.85. The van der Waals surface area contributed by atoms with Crippen molar-refractivity contribution in [2.24, 2.45) is 0 Å². The Morgan fingerprint density at radius 3 is 0.848 bits per heavy atom. The maximum Gasteiger partial charge on any atom is 0.489 e. The SMILES string of the molecule is C.CC1(C)c2cc(-c3c4ccccc4c(-c4ccccc4)c4ccccc34)c3ccccc3c2-c2c1c1ccccc1c1ccccc21.CC1(C)c2cc(Br)c3ccccc3c2-c2c1c1ccccc1c1ccccc21.OB(O)c1c2ccccc2c(-c2ccccc2)c2ccccc12. The van der Waals surface area contributed by atoms with Gasteiger partial charge in [-0.25, -0.2) is 0 Å². The van der Waals surface area contributed by atoms with E-state index in [1.807, 2.05) is 66.7 Å². The number of hydrogen-bond donors (Lipinski definition) is 2. The fraction of sp³-hybridized carbons (Fsp3) is 0.0737. The van der Waals surface area contributed by atoms with Crippen LogP contribution in [-0.2, 0) is 10.8 Å². The van der Waals surface area contributed by atoms with E-state index in [9.17, 15) is 10.0 Å². The van der Waals surface area contributed by atoms with Crippen LogP contribution in [0.3, 0.4) is 0 Å². The predicted molar refractivity (Wildman–Crippen MR) is 430 cm³/mol. The molecule has 0 fully saturated rings. The van der Waals surface area contributed by atoms with Gasteiger partial charge in [0.25, 0.3) is 0 Å². The molecule has 0 radical (unpaired) electrons. The number of halogens is 1. The van der Waals surface area contributed by atoms with Gasteiger partial charge in [-0.3, -0.25) is 0 Å². The third-order valence-corrected chi connectivity index (χ3v) is 22.2. The van der Waals surface area contributed by atoms with Crippen molar-refractivity contribution in [3.63, 3.8) is 0 Å². The van der Waals surface area contributed by atoms with E-state index >= 15 is 0 Å². The molecule has 0 aromatic heterocycles. The van der Waals surface area contributed by atoms with Gasteiger partial charge in [-0.15, -0.1) is 0 Å². The average Bonchev–Trinajstić information content (AvgIpc) is 1.55. The summed E-state index contributed by atoms with van der Waals surface area (Å²) in [5, 5.41) is 44.9.